The van der Waals surface area contributed by atoms with Crippen LogP contribution >= 0.6 is 34.8 Å². The van der Waals surface area contributed by atoms with Gasteiger partial charge in [-0.2, -0.15) is 5.10 Å². The molecule has 106 valence electrons. The van der Waals surface area contributed by atoms with E-state index in [0.29, 0.717) is 0 Å². The Labute approximate surface area is 129 Å². The maximum Gasteiger partial charge on any atom is 0.205 e. The Morgan fingerprint density at radius 3 is 2.40 bits per heavy atom. The Morgan fingerprint density at radius 2 is 1.80 bits per heavy atom. The van der Waals surface area contributed by atoms with Crippen LogP contribution in [0.2, 0.25) is 15.2 Å². The molecule has 1 heterocycles. The summed E-state index contributed by atoms with van der Waals surface area (Å²) in [6, 6.07) is 4.97. The summed E-state index contributed by atoms with van der Waals surface area (Å²) in [4.78, 5) is 11.6. The van der Waals surface area contributed by atoms with Crippen LogP contribution in [0.1, 0.15) is 5.69 Å². The highest BCUT2D eigenvalue weighted by Crippen LogP contribution is 2.26. The summed E-state index contributed by atoms with van der Waals surface area (Å²) in [5.41, 5.74) is -0.710. The number of benzene rings is 1. The third kappa shape index (κ3) is 3.32. The number of aromatic nitrogens is 2. The van der Waals surface area contributed by atoms with Crippen molar-refractivity contribution >= 4 is 44.6 Å². The lowest BCUT2D eigenvalue weighted by Gasteiger charge is -2.05. The molecule has 2 rings (SSSR count). The highest BCUT2D eigenvalue weighted by atomic mass is 35.5. The van der Waals surface area contributed by atoms with Crippen molar-refractivity contribution in [1.29, 1.82) is 0 Å². The molecule has 0 saturated carbocycles. The summed E-state index contributed by atoms with van der Waals surface area (Å²) in [6.07, 6.45) is 0. The minimum Gasteiger partial charge on any atom is -0.288 e. The van der Waals surface area contributed by atoms with E-state index < -0.39 is 21.0 Å². The van der Waals surface area contributed by atoms with E-state index in [1.807, 2.05) is 0 Å². The van der Waals surface area contributed by atoms with E-state index in [-0.39, 0.29) is 25.8 Å². The van der Waals surface area contributed by atoms with Gasteiger partial charge in [-0.3, -0.25) is 9.89 Å². The number of hydrogen-bond donors (Lipinski definition) is 1. The fourth-order valence-corrected chi connectivity index (χ4v) is 3.25. The fourth-order valence-electron chi connectivity index (χ4n) is 1.44. The van der Waals surface area contributed by atoms with E-state index in [9.17, 15) is 13.2 Å². The first-order valence-electron chi connectivity index (χ1n) is 5.21. The molecular formula is C11H7Cl3N2O3S. The van der Waals surface area contributed by atoms with Gasteiger partial charge in [0, 0.05) is 6.07 Å². The zero-order chi connectivity index (χ0) is 14.9. The lowest BCUT2D eigenvalue weighted by atomic mass is 10.4. The van der Waals surface area contributed by atoms with Gasteiger partial charge < -0.3 is 0 Å². The van der Waals surface area contributed by atoms with Gasteiger partial charge in [0.15, 0.2) is 9.84 Å². The van der Waals surface area contributed by atoms with Gasteiger partial charge in [-0.05, 0) is 18.2 Å². The molecule has 0 fully saturated rings. The number of hydrogen-bond acceptors (Lipinski definition) is 4. The minimum atomic E-state index is -3.76. The van der Waals surface area contributed by atoms with E-state index in [4.69, 9.17) is 34.8 Å². The van der Waals surface area contributed by atoms with Crippen molar-refractivity contribution in [1.82, 2.24) is 10.2 Å². The van der Waals surface area contributed by atoms with Gasteiger partial charge in [-0.15, -0.1) is 0 Å². The predicted molar refractivity (Wildman–Crippen MR) is 77.2 cm³/mol. The maximum atomic E-state index is 12.2. The molecule has 0 bridgehead atoms. The molecular weight excluding hydrogens is 347 g/mol. The molecule has 0 atom stereocenters. The minimum absolute atomic E-state index is 0.0330. The second kappa shape index (κ2) is 5.73. The Bertz CT molecular complexity index is 818. The van der Waals surface area contributed by atoms with Crippen LogP contribution in [-0.2, 0) is 15.6 Å². The zero-order valence-corrected chi connectivity index (χ0v) is 12.8. The van der Waals surface area contributed by atoms with E-state index in [1.54, 1.807) is 0 Å². The molecule has 1 N–H and O–H groups in total. The molecule has 5 nitrogen and oxygen atoms in total. The monoisotopic (exact) mass is 352 g/mol. The average molecular weight is 354 g/mol. The highest BCUT2D eigenvalue weighted by molar-refractivity contribution is 7.90. The third-order valence-corrected chi connectivity index (χ3v) is 4.98. The van der Waals surface area contributed by atoms with Crippen LogP contribution in [0.25, 0.3) is 0 Å². The Balaban J connectivity index is 2.40. The van der Waals surface area contributed by atoms with Crippen LogP contribution in [0.15, 0.2) is 34.0 Å². The van der Waals surface area contributed by atoms with Crippen molar-refractivity contribution in [2.24, 2.45) is 0 Å². The summed E-state index contributed by atoms with van der Waals surface area (Å²) < 4.78 is 24.3. The summed E-state index contributed by atoms with van der Waals surface area (Å²) in [7, 11) is -3.76. The van der Waals surface area contributed by atoms with Crippen LogP contribution in [0, 0.1) is 0 Å². The first-order valence-corrected chi connectivity index (χ1v) is 8.00. The number of nitrogens with zero attached hydrogens (tertiary/aromatic N) is 1. The number of nitrogens with one attached hydrogen (secondary N) is 1. The fraction of sp³-hybridized carbons (Fsp3) is 0.0909. The van der Waals surface area contributed by atoms with Crippen molar-refractivity contribution < 1.29 is 8.42 Å². The molecule has 9 heteroatoms. The first kappa shape index (κ1) is 15.3. The lowest BCUT2D eigenvalue weighted by Crippen LogP contribution is -2.17. The molecule has 1 aromatic carbocycles. The van der Waals surface area contributed by atoms with Gasteiger partial charge in [0.2, 0.25) is 5.43 Å². The molecule has 0 unspecified atom stereocenters. The number of rotatable bonds is 3. The van der Waals surface area contributed by atoms with E-state index >= 15 is 0 Å². The van der Waals surface area contributed by atoms with E-state index in [1.165, 1.54) is 18.2 Å². The van der Waals surface area contributed by atoms with Crippen LogP contribution in [0.4, 0.5) is 0 Å². The summed E-state index contributed by atoms with van der Waals surface area (Å²) >= 11 is 17.0. The van der Waals surface area contributed by atoms with Gasteiger partial charge in [0.1, 0.15) is 16.6 Å². The summed E-state index contributed by atoms with van der Waals surface area (Å²) in [5.74, 6) is -0.558. The molecule has 0 radical (unpaired) electrons. The van der Waals surface area contributed by atoms with Gasteiger partial charge >= 0.3 is 0 Å². The quantitative estimate of drug-likeness (QED) is 0.920. The molecule has 0 aliphatic heterocycles. The second-order valence-electron chi connectivity index (χ2n) is 3.86. The molecule has 2 aromatic rings. The maximum absolute atomic E-state index is 12.2. The van der Waals surface area contributed by atoms with Crippen molar-refractivity contribution in [2.45, 2.75) is 10.6 Å². The SMILES string of the molecule is O=c1cc(Cl)[nH]nc1CS(=O)(=O)c1ccc(Cl)c(Cl)c1. The van der Waals surface area contributed by atoms with Gasteiger partial charge in [0.05, 0.1) is 14.9 Å². The Morgan fingerprint density at radius 1 is 1.10 bits per heavy atom. The predicted octanol–water partition coefficient (Wildman–Crippen LogP) is 2.70. The summed E-state index contributed by atoms with van der Waals surface area (Å²) in [6.45, 7) is 0. The lowest BCUT2D eigenvalue weighted by molar-refractivity contribution is 0.594. The van der Waals surface area contributed by atoms with Crippen molar-refractivity contribution in [2.75, 3.05) is 0 Å². The number of H-pyrrole nitrogens is 1. The Kier molecular flexibility index (Phi) is 4.39. The Hall–Kier alpha value is -1.08. The molecule has 1 aromatic heterocycles. The highest BCUT2D eigenvalue weighted by Gasteiger charge is 2.19. The van der Waals surface area contributed by atoms with Crippen molar-refractivity contribution in [3.05, 3.63) is 55.4 Å². The summed E-state index contributed by atoms with van der Waals surface area (Å²) in [5, 5.41) is 6.35. The largest absolute Gasteiger partial charge is 0.288 e. The molecule has 0 aliphatic rings. The second-order valence-corrected chi connectivity index (χ2v) is 7.07. The van der Waals surface area contributed by atoms with Crippen molar-refractivity contribution in [3.8, 4) is 0 Å². The van der Waals surface area contributed by atoms with Crippen LogP contribution in [0.5, 0.6) is 0 Å². The molecule has 20 heavy (non-hydrogen) atoms. The number of halogens is 3. The molecule has 0 aliphatic carbocycles. The van der Waals surface area contributed by atoms with Crippen molar-refractivity contribution in [3.63, 3.8) is 0 Å². The normalized spacial score (nSPS) is 11.6. The molecule has 0 amide bonds. The van der Waals surface area contributed by atoms with E-state index in [0.717, 1.165) is 6.07 Å². The third-order valence-electron chi connectivity index (χ3n) is 2.42. The first-order chi connectivity index (χ1) is 9.29. The average Bonchev–Trinajstić information content (AvgIpc) is 2.36. The topological polar surface area (TPSA) is 79.9 Å². The zero-order valence-electron chi connectivity index (χ0n) is 9.73. The number of sulfone groups is 1. The number of aromatic amines is 1. The van der Waals surface area contributed by atoms with Gasteiger partial charge in [-0.1, -0.05) is 34.8 Å². The smallest absolute Gasteiger partial charge is 0.205 e. The van der Waals surface area contributed by atoms with Crippen LogP contribution in [0.3, 0.4) is 0 Å². The molecule has 0 saturated heterocycles. The van der Waals surface area contributed by atoms with Crippen LogP contribution in [-0.4, -0.2) is 18.6 Å². The van der Waals surface area contributed by atoms with Crippen LogP contribution < -0.4 is 5.43 Å². The van der Waals surface area contributed by atoms with Gasteiger partial charge in [-0.25, -0.2) is 8.42 Å². The van der Waals surface area contributed by atoms with E-state index in [2.05, 4.69) is 10.2 Å². The van der Waals surface area contributed by atoms with Gasteiger partial charge in [0.25, 0.3) is 0 Å². The molecule has 0 spiro atoms. The standard InChI is InChI=1S/C11H7Cl3N2O3S/c12-7-2-1-6(3-8(7)13)20(18,19)5-9-10(17)4-11(14)16-15-9/h1-4H,5H2,(H,16,17).